The topological polar surface area (TPSA) is 66.5 Å². The summed E-state index contributed by atoms with van der Waals surface area (Å²) in [6.45, 7) is 2.49. The summed E-state index contributed by atoms with van der Waals surface area (Å²) in [5.74, 6) is -1.12. The lowest BCUT2D eigenvalue weighted by molar-refractivity contribution is -0.122. The van der Waals surface area contributed by atoms with E-state index >= 15 is 0 Å². The zero-order chi connectivity index (χ0) is 20.4. The first-order valence-corrected chi connectivity index (χ1v) is 10.0. The predicted octanol–water partition coefficient (Wildman–Crippen LogP) is 3.36. The van der Waals surface area contributed by atoms with Crippen LogP contribution in [0.15, 0.2) is 66.7 Å². The number of hydrogen-bond donors (Lipinski definition) is 1. The lowest BCUT2D eigenvalue weighted by Gasteiger charge is -2.22. The molecular weight excluding hydrogens is 364 g/mol. The molecule has 0 bridgehead atoms. The molecule has 1 heterocycles. The highest BCUT2D eigenvalue weighted by atomic mass is 16.2. The summed E-state index contributed by atoms with van der Waals surface area (Å²) in [4.78, 5) is 39.6. The minimum absolute atomic E-state index is 0.0414. The van der Waals surface area contributed by atoms with Gasteiger partial charge in [-0.25, -0.2) is 0 Å². The summed E-state index contributed by atoms with van der Waals surface area (Å²) in [6.07, 6.45) is 5.32. The Labute approximate surface area is 170 Å². The maximum absolute atomic E-state index is 12.9. The van der Waals surface area contributed by atoms with Gasteiger partial charge >= 0.3 is 0 Å². The summed E-state index contributed by atoms with van der Waals surface area (Å²) < 4.78 is 0. The average molecular weight is 388 g/mol. The van der Waals surface area contributed by atoms with Gasteiger partial charge in [-0.15, -0.1) is 0 Å². The normalized spacial score (nSPS) is 23.2. The van der Waals surface area contributed by atoms with Gasteiger partial charge in [0.1, 0.15) is 0 Å². The first-order chi connectivity index (χ1) is 14.1. The van der Waals surface area contributed by atoms with Crippen molar-refractivity contribution in [3.63, 3.8) is 0 Å². The van der Waals surface area contributed by atoms with E-state index in [1.807, 2.05) is 49.4 Å². The molecule has 2 aromatic rings. The number of imide groups is 1. The van der Waals surface area contributed by atoms with Crippen LogP contribution in [0.5, 0.6) is 0 Å². The summed E-state index contributed by atoms with van der Waals surface area (Å²) in [5.41, 5.74) is 2.06. The van der Waals surface area contributed by atoms with Gasteiger partial charge < -0.3 is 5.32 Å². The van der Waals surface area contributed by atoms with E-state index in [-0.39, 0.29) is 35.5 Å². The standard InChI is InChI=1S/C24H24N2O3/c1-16-7-5-12-20-21(16)24(29)26(23(20)28)19-11-6-10-18(15-19)22(27)25-14-13-17-8-3-2-4-9-17/h2-11,15-16,20-21H,12-14H2,1H3,(H,25,27)/t16-,20-,21-/m1/s1. The lowest BCUT2D eigenvalue weighted by Crippen LogP contribution is -2.32. The number of rotatable bonds is 5. The van der Waals surface area contributed by atoms with Crippen LogP contribution in [0.1, 0.15) is 29.3 Å². The zero-order valence-corrected chi connectivity index (χ0v) is 16.4. The predicted molar refractivity (Wildman–Crippen MR) is 111 cm³/mol. The van der Waals surface area contributed by atoms with Gasteiger partial charge in [-0.1, -0.05) is 55.5 Å². The van der Waals surface area contributed by atoms with Gasteiger partial charge in [0.05, 0.1) is 17.5 Å². The third-order valence-electron chi connectivity index (χ3n) is 5.78. The fourth-order valence-corrected chi connectivity index (χ4v) is 4.26. The monoisotopic (exact) mass is 388 g/mol. The SMILES string of the molecule is C[C@@H]1C=CC[C@H]2C(=O)N(c3cccc(C(=O)NCCc4ccccc4)c3)C(=O)[C@H]12. The minimum Gasteiger partial charge on any atom is -0.352 e. The number of anilines is 1. The molecule has 1 saturated heterocycles. The maximum Gasteiger partial charge on any atom is 0.251 e. The Morgan fingerprint density at radius 3 is 2.62 bits per heavy atom. The summed E-state index contributed by atoms with van der Waals surface area (Å²) >= 11 is 0. The molecule has 0 aromatic heterocycles. The van der Waals surface area contributed by atoms with E-state index in [1.54, 1.807) is 24.3 Å². The first kappa shape index (κ1) is 19.1. The number of allylic oxidation sites excluding steroid dienone is 2. The van der Waals surface area contributed by atoms with Gasteiger partial charge in [0.15, 0.2) is 0 Å². The molecule has 4 rings (SSSR count). The minimum atomic E-state index is -0.309. The lowest BCUT2D eigenvalue weighted by atomic mass is 9.78. The van der Waals surface area contributed by atoms with Crippen molar-refractivity contribution in [3.8, 4) is 0 Å². The Hall–Kier alpha value is -3.21. The molecule has 0 unspecified atom stereocenters. The van der Waals surface area contributed by atoms with Crippen LogP contribution in [-0.4, -0.2) is 24.3 Å². The number of hydrogen-bond acceptors (Lipinski definition) is 3. The highest BCUT2D eigenvalue weighted by Gasteiger charge is 2.50. The van der Waals surface area contributed by atoms with Crippen molar-refractivity contribution in [2.75, 3.05) is 11.4 Å². The van der Waals surface area contributed by atoms with Crippen molar-refractivity contribution in [1.29, 1.82) is 0 Å². The van der Waals surface area contributed by atoms with Gasteiger partial charge in [0, 0.05) is 12.1 Å². The molecule has 5 heteroatoms. The van der Waals surface area contributed by atoms with Crippen molar-refractivity contribution in [1.82, 2.24) is 5.32 Å². The van der Waals surface area contributed by atoms with Crippen LogP contribution >= 0.6 is 0 Å². The smallest absolute Gasteiger partial charge is 0.251 e. The van der Waals surface area contributed by atoms with E-state index in [0.29, 0.717) is 24.2 Å². The second kappa shape index (κ2) is 8.03. The molecule has 5 nitrogen and oxygen atoms in total. The molecule has 1 N–H and O–H groups in total. The van der Waals surface area contributed by atoms with Gasteiger partial charge in [-0.05, 0) is 42.5 Å². The number of amides is 3. The summed E-state index contributed by atoms with van der Waals surface area (Å²) in [5, 5.41) is 2.91. The molecule has 1 aliphatic heterocycles. The van der Waals surface area contributed by atoms with Crippen LogP contribution in [0, 0.1) is 17.8 Å². The van der Waals surface area contributed by atoms with E-state index in [9.17, 15) is 14.4 Å². The highest BCUT2D eigenvalue weighted by Crippen LogP contribution is 2.40. The molecule has 2 aliphatic rings. The summed E-state index contributed by atoms with van der Waals surface area (Å²) in [6, 6.07) is 16.7. The average Bonchev–Trinajstić information content (AvgIpc) is 3.00. The molecule has 0 radical (unpaired) electrons. The third-order valence-corrected chi connectivity index (χ3v) is 5.78. The first-order valence-electron chi connectivity index (χ1n) is 10.0. The van der Waals surface area contributed by atoms with Gasteiger partial charge in [0.25, 0.3) is 5.91 Å². The highest BCUT2D eigenvalue weighted by molar-refractivity contribution is 6.22. The largest absolute Gasteiger partial charge is 0.352 e. The molecule has 0 spiro atoms. The number of carbonyl (C=O) groups excluding carboxylic acids is 3. The Morgan fingerprint density at radius 1 is 1.07 bits per heavy atom. The van der Waals surface area contributed by atoms with Crippen LogP contribution < -0.4 is 10.2 Å². The number of nitrogens with one attached hydrogen (secondary N) is 1. The Morgan fingerprint density at radius 2 is 1.86 bits per heavy atom. The van der Waals surface area contributed by atoms with Crippen molar-refractivity contribution >= 4 is 23.4 Å². The Balaban J connectivity index is 1.46. The van der Waals surface area contributed by atoms with E-state index in [2.05, 4.69) is 5.32 Å². The molecular formula is C24H24N2O3. The van der Waals surface area contributed by atoms with E-state index in [4.69, 9.17) is 0 Å². The Bertz CT molecular complexity index is 967. The molecule has 29 heavy (non-hydrogen) atoms. The second-order valence-electron chi connectivity index (χ2n) is 7.71. The molecule has 1 fully saturated rings. The van der Waals surface area contributed by atoms with Crippen LogP contribution in [-0.2, 0) is 16.0 Å². The van der Waals surface area contributed by atoms with Crippen molar-refractivity contribution < 1.29 is 14.4 Å². The number of benzene rings is 2. The second-order valence-corrected chi connectivity index (χ2v) is 7.71. The number of carbonyl (C=O) groups is 3. The number of fused-ring (bicyclic) bond motifs is 1. The van der Waals surface area contributed by atoms with Crippen LogP contribution in [0.25, 0.3) is 0 Å². The molecule has 1 aliphatic carbocycles. The van der Waals surface area contributed by atoms with Gasteiger partial charge in [0.2, 0.25) is 11.8 Å². The van der Waals surface area contributed by atoms with Crippen LogP contribution in [0.2, 0.25) is 0 Å². The number of nitrogens with zero attached hydrogens (tertiary/aromatic N) is 1. The summed E-state index contributed by atoms with van der Waals surface area (Å²) in [7, 11) is 0. The molecule has 3 atom stereocenters. The van der Waals surface area contributed by atoms with Crippen LogP contribution in [0.3, 0.4) is 0 Å². The van der Waals surface area contributed by atoms with Crippen molar-refractivity contribution in [3.05, 3.63) is 77.9 Å². The van der Waals surface area contributed by atoms with Gasteiger partial charge in [-0.2, -0.15) is 0 Å². The molecule has 0 saturated carbocycles. The quantitative estimate of drug-likeness (QED) is 0.631. The maximum atomic E-state index is 12.9. The van der Waals surface area contributed by atoms with Crippen molar-refractivity contribution in [2.45, 2.75) is 19.8 Å². The van der Waals surface area contributed by atoms with E-state index in [0.717, 1.165) is 12.0 Å². The Kier molecular flexibility index (Phi) is 5.30. The van der Waals surface area contributed by atoms with Crippen molar-refractivity contribution in [2.24, 2.45) is 17.8 Å². The fourth-order valence-electron chi connectivity index (χ4n) is 4.26. The van der Waals surface area contributed by atoms with E-state index < -0.39 is 0 Å². The molecule has 2 aromatic carbocycles. The molecule has 148 valence electrons. The fraction of sp³-hybridized carbons (Fsp3) is 0.292. The van der Waals surface area contributed by atoms with E-state index in [1.165, 1.54) is 4.90 Å². The third kappa shape index (κ3) is 3.73. The van der Waals surface area contributed by atoms with Gasteiger partial charge in [-0.3, -0.25) is 19.3 Å². The van der Waals surface area contributed by atoms with Crippen LogP contribution in [0.4, 0.5) is 5.69 Å². The zero-order valence-electron chi connectivity index (χ0n) is 16.4. The molecule has 3 amide bonds.